The van der Waals surface area contributed by atoms with E-state index in [9.17, 15) is 18.0 Å². The number of hydrogen-bond acceptors (Lipinski definition) is 4. The number of alkyl halides is 3. The van der Waals surface area contributed by atoms with Gasteiger partial charge in [0.2, 0.25) is 0 Å². The van der Waals surface area contributed by atoms with Crippen LogP contribution in [0.1, 0.15) is 35.8 Å². The number of piperidine rings is 1. The van der Waals surface area contributed by atoms with Gasteiger partial charge in [-0.25, -0.2) is 4.98 Å². The van der Waals surface area contributed by atoms with Crippen LogP contribution in [0.5, 0.6) is 5.75 Å². The predicted octanol–water partition coefficient (Wildman–Crippen LogP) is 4.49. The number of benzene rings is 1. The molecule has 4 aliphatic rings. The van der Waals surface area contributed by atoms with Gasteiger partial charge >= 0.3 is 6.36 Å². The van der Waals surface area contributed by atoms with Crippen LogP contribution in [0.3, 0.4) is 0 Å². The first-order chi connectivity index (χ1) is 17.2. The van der Waals surface area contributed by atoms with Crippen LogP contribution in [0.15, 0.2) is 48.9 Å². The molecule has 6 atom stereocenters. The molecule has 0 N–H and O–H groups in total. The van der Waals surface area contributed by atoms with Crippen LogP contribution in [0.2, 0.25) is 0 Å². The number of halogens is 3. The lowest BCUT2D eigenvalue weighted by atomic mass is 9.98. The van der Waals surface area contributed by atoms with Crippen molar-refractivity contribution in [3.63, 3.8) is 0 Å². The molecule has 2 heterocycles. The molecule has 6 unspecified atom stereocenters. The molecule has 9 heteroatoms. The van der Waals surface area contributed by atoms with Gasteiger partial charge in [-0.15, -0.1) is 13.2 Å². The van der Waals surface area contributed by atoms with Crippen LogP contribution in [0.4, 0.5) is 13.2 Å². The molecule has 1 aromatic heterocycles. The molecule has 6 rings (SSSR count). The molecule has 1 saturated heterocycles. The standard InChI is InChI=1S/C27H31F3N4O2/c1-16(25-21-12-33(13-22(21)25)24-10-17-6-7-19(24)8-17)34(26(35)23-14-32(2)15-31-23)11-18-4-3-5-20(9-18)36-27(28,29)30/h3-7,9,14-17,19,21-22,24-25H,8,10-13H2,1-2H3. The Morgan fingerprint density at radius 2 is 2.00 bits per heavy atom. The average molecular weight is 501 g/mol. The molecule has 6 nitrogen and oxygen atoms in total. The summed E-state index contributed by atoms with van der Waals surface area (Å²) >= 11 is 0. The number of imidazole rings is 1. The topological polar surface area (TPSA) is 50.6 Å². The number of aromatic nitrogens is 2. The molecular weight excluding hydrogens is 469 g/mol. The SMILES string of the molecule is CC(C1C2CN(C3CC4C=CC3C4)CC21)N(Cc1cccc(OC(F)(F)F)c1)C(=O)c1cn(C)cn1. The summed E-state index contributed by atoms with van der Waals surface area (Å²) in [7, 11) is 1.81. The highest BCUT2D eigenvalue weighted by atomic mass is 19.4. The molecule has 1 aromatic carbocycles. The van der Waals surface area contributed by atoms with E-state index >= 15 is 0 Å². The van der Waals surface area contributed by atoms with Gasteiger partial charge in [-0.05, 0) is 67.1 Å². The van der Waals surface area contributed by atoms with Gasteiger partial charge in [0.05, 0.1) is 6.33 Å². The van der Waals surface area contributed by atoms with Crippen molar-refractivity contribution >= 4 is 5.91 Å². The maximum Gasteiger partial charge on any atom is 0.573 e. The van der Waals surface area contributed by atoms with E-state index in [1.54, 1.807) is 35.1 Å². The first-order valence-corrected chi connectivity index (χ1v) is 12.7. The molecule has 3 aliphatic carbocycles. The Morgan fingerprint density at radius 1 is 1.22 bits per heavy atom. The zero-order valence-electron chi connectivity index (χ0n) is 20.4. The van der Waals surface area contributed by atoms with Gasteiger partial charge in [-0.1, -0.05) is 24.3 Å². The van der Waals surface area contributed by atoms with E-state index in [-0.39, 0.29) is 24.2 Å². The molecule has 0 spiro atoms. The fraction of sp³-hybridized carbons (Fsp3) is 0.556. The lowest BCUT2D eigenvalue weighted by Crippen LogP contribution is -2.43. The Kier molecular flexibility index (Phi) is 5.66. The van der Waals surface area contributed by atoms with Crippen LogP contribution in [-0.4, -0.2) is 56.8 Å². The third-order valence-electron chi connectivity index (χ3n) is 8.72. The van der Waals surface area contributed by atoms with E-state index in [1.807, 2.05) is 0 Å². The van der Waals surface area contributed by atoms with Gasteiger partial charge in [-0.2, -0.15) is 0 Å². The Hall–Kier alpha value is -2.81. The fourth-order valence-electron chi connectivity index (χ4n) is 7.08. The van der Waals surface area contributed by atoms with Crippen LogP contribution in [0, 0.1) is 29.6 Å². The number of carbonyl (C=O) groups is 1. The van der Waals surface area contributed by atoms with E-state index in [0.29, 0.717) is 41.0 Å². The maximum atomic E-state index is 13.6. The number of amides is 1. The summed E-state index contributed by atoms with van der Waals surface area (Å²) in [5.74, 6) is 2.45. The van der Waals surface area contributed by atoms with E-state index in [4.69, 9.17) is 0 Å². The summed E-state index contributed by atoms with van der Waals surface area (Å²) in [6, 6.07) is 6.49. The second-order valence-electron chi connectivity index (χ2n) is 11.0. The minimum absolute atomic E-state index is 0.0521. The Bertz CT molecular complexity index is 1170. The molecular formula is C27H31F3N4O2. The Balaban J connectivity index is 1.18. The summed E-state index contributed by atoms with van der Waals surface area (Å²) in [5.41, 5.74) is 0.933. The van der Waals surface area contributed by atoms with Crippen molar-refractivity contribution < 1.29 is 22.7 Å². The average Bonchev–Trinajstić information content (AvgIpc) is 3.39. The second-order valence-corrected chi connectivity index (χ2v) is 11.0. The molecule has 192 valence electrons. The molecule has 2 aromatic rings. The Morgan fingerprint density at radius 3 is 2.61 bits per heavy atom. The first-order valence-electron chi connectivity index (χ1n) is 12.7. The summed E-state index contributed by atoms with van der Waals surface area (Å²) in [4.78, 5) is 22.2. The van der Waals surface area contributed by atoms with Crippen LogP contribution in [0.25, 0.3) is 0 Å². The van der Waals surface area contributed by atoms with Crippen molar-refractivity contribution in [3.05, 3.63) is 60.2 Å². The number of aryl methyl sites for hydroxylation is 1. The van der Waals surface area contributed by atoms with Crippen molar-refractivity contribution in [1.29, 1.82) is 0 Å². The van der Waals surface area contributed by atoms with E-state index in [1.165, 1.54) is 31.0 Å². The first kappa shape index (κ1) is 23.6. The molecule has 1 amide bonds. The quantitative estimate of drug-likeness (QED) is 0.526. The number of ether oxygens (including phenoxy) is 1. The molecule has 0 radical (unpaired) electrons. The van der Waals surface area contributed by atoms with Gasteiger partial charge < -0.3 is 14.2 Å². The molecule has 1 aliphatic heterocycles. The van der Waals surface area contributed by atoms with Gasteiger partial charge in [-0.3, -0.25) is 9.69 Å². The summed E-state index contributed by atoms with van der Waals surface area (Å²) < 4.78 is 44.1. The number of rotatable bonds is 7. The third-order valence-corrected chi connectivity index (χ3v) is 8.72. The molecule has 2 bridgehead atoms. The van der Waals surface area contributed by atoms with Crippen molar-refractivity contribution in [3.8, 4) is 5.75 Å². The number of likely N-dealkylation sites (tertiary alicyclic amines) is 1. The third kappa shape index (κ3) is 4.42. The van der Waals surface area contributed by atoms with Crippen LogP contribution in [-0.2, 0) is 13.6 Å². The van der Waals surface area contributed by atoms with Crippen LogP contribution < -0.4 is 4.74 Å². The van der Waals surface area contributed by atoms with Crippen molar-refractivity contribution in [2.75, 3.05) is 13.1 Å². The Labute approximate surface area is 208 Å². The molecule has 2 saturated carbocycles. The zero-order valence-corrected chi connectivity index (χ0v) is 20.4. The largest absolute Gasteiger partial charge is 0.573 e. The maximum absolute atomic E-state index is 13.6. The molecule has 36 heavy (non-hydrogen) atoms. The predicted molar refractivity (Wildman–Crippen MR) is 127 cm³/mol. The summed E-state index contributed by atoms with van der Waals surface area (Å²) in [6.07, 6.45) is 5.83. The van der Waals surface area contributed by atoms with Gasteiger partial charge in [0.1, 0.15) is 11.4 Å². The summed E-state index contributed by atoms with van der Waals surface area (Å²) in [5, 5.41) is 0. The highest BCUT2D eigenvalue weighted by molar-refractivity contribution is 5.92. The lowest BCUT2D eigenvalue weighted by molar-refractivity contribution is -0.274. The highest BCUT2D eigenvalue weighted by Crippen LogP contribution is 2.57. The smallest absolute Gasteiger partial charge is 0.406 e. The summed E-state index contributed by atoms with van der Waals surface area (Å²) in [6.45, 7) is 4.41. The van der Waals surface area contributed by atoms with Gasteiger partial charge in [0.25, 0.3) is 5.91 Å². The van der Waals surface area contributed by atoms with E-state index in [2.05, 4.69) is 33.7 Å². The minimum Gasteiger partial charge on any atom is -0.406 e. The lowest BCUT2D eigenvalue weighted by Gasteiger charge is -2.34. The number of nitrogens with zero attached hydrogens (tertiary/aromatic N) is 4. The van der Waals surface area contributed by atoms with Gasteiger partial charge in [0, 0.05) is 45.0 Å². The van der Waals surface area contributed by atoms with Crippen molar-refractivity contribution in [2.45, 2.75) is 44.8 Å². The van der Waals surface area contributed by atoms with E-state index < -0.39 is 6.36 Å². The highest BCUT2D eigenvalue weighted by Gasteiger charge is 2.60. The van der Waals surface area contributed by atoms with Crippen molar-refractivity contribution in [1.82, 2.24) is 19.4 Å². The number of allylic oxidation sites excluding steroid dienone is 1. The fourth-order valence-corrected chi connectivity index (χ4v) is 7.08. The zero-order chi connectivity index (χ0) is 25.2. The molecule has 3 fully saturated rings. The number of hydrogen-bond donors (Lipinski definition) is 0. The second kappa shape index (κ2) is 8.64. The van der Waals surface area contributed by atoms with E-state index in [0.717, 1.165) is 19.0 Å². The monoisotopic (exact) mass is 500 g/mol. The number of fused-ring (bicyclic) bond motifs is 3. The van der Waals surface area contributed by atoms with Gasteiger partial charge in [0.15, 0.2) is 0 Å². The number of carbonyl (C=O) groups excluding carboxylic acids is 1. The van der Waals surface area contributed by atoms with Crippen molar-refractivity contribution in [2.24, 2.45) is 36.6 Å². The normalized spacial score (nSPS) is 31.5. The minimum atomic E-state index is -4.76. The van der Waals surface area contributed by atoms with Crippen LogP contribution >= 0.6 is 0 Å².